The van der Waals surface area contributed by atoms with Crippen LogP contribution in [0, 0.1) is 10.1 Å². The van der Waals surface area contributed by atoms with Crippen LogP contribution in [0.2, 0.25) is 4.34 Å². The first-order valence-corrected chi connectivity index (χ1v) is 7.61. The Morgan fingerprint density at radius 2 is 2.14 bits per heavy atom. The van der Waals surface area contributed by atoms with Gasteiger partial charge in [-0.25, -0.2) is 0 Å². The minimum Gasteiger partial charge on any atom is -0.307 e. The molecule has 7 heteroatoms. The molecule has 0 saturated carbocycles. The maximum atomic E-state index is 12.6. The van der Waals surface area contributed by atoms with Gasteiger partial charge in [-0.2, -0.15) is 0 Å². The Kier molecular flexibility index (Phi) is 3.65. The molecule has 0 radical (unpaired) electrons. The molecule has 0 spiro atoms. The fourth-order valence-corrected chi connectivity index (χ4v) is 3.64. The maximum absolute atomic E-state index is 12.6. The van der Waals surface area contributed by atoms with Crippen molar-refractivity contribution >= 4 is 40.2 Å². The standard InChI is InChI=1S/C14H11ClN2O3S/c15-13-11(17(19)20)8-12(21-13)14(18)16-7-3-5-9-4-1-2-6-10(9)16/h1-2,4,6,8H,3,5,7H2. The van der Waals surface area contributed by atoms with Crippen LogP contribution < -0.4 is 4.90 Å². The zero-order valence-electron chi connectivity index (χ0n) is 10.9. The van der Waals surface area contributed by atoms with Gasteiger partial charge < -0.3 is 4.90 Å². The van der Waals surface area contributed by atoms with Crippen molar-refractivity contribution in [2.75, 3.05) is 11.4 Å². The van der Waals surface area contributed by atoms with Crippen molar-refractivity contribution in [3.63, 3.8) is 0 Å². The monoisotopic (exact) mass is 322 g/mol. The highest BCUT2D eigenvalue weighted by atomic mass is 35.5. The Labute approximate surface area is 129 Å². The van der Waals surface area contributed by atoms with Gasteiger partial charge in [0.15, 0.2) is 4.34 Å². The highest BCUT2D eigenvalue weighted by Crippen LogP contribution is 2.36. The molecule has 0 fully saturated rings. The summed E-state index contributed by atoms with van der Waals surface area (Å²) in [7, 11) is 0. The quantitative estimate of drug-likeness (QED) is 0.622. The molecule has 0 N–H and O–H groups in total. The summed E-state index contributed by atoms with van der Waals surface area (Å²) in [6.45, 7) is 0.610. The van der Waals surface area contributed by atoms with Crippen molar-refractivity contribution < 1.29 is 9.72 Å². The smallest absolute Gasteiger partial charge is 0.299 e. The molecular formula is C14H11ClN2O3S. The van der Waals surface area contributed by atoms with E-state index in [1.807, 2.05) is 24.3 Å². The number of nitrogens with zero attached hydrogens (tertiary/aromatic N) is 2. The van der Waals surface area contributed by atoms with Gasteiger partial charge in [-0.15, -0.1) is 11.3 Å². The number of para-hydroxylation sites is 1. The molecule has 0 bridgehead atoms. The van der Waals surface area contributed by atoms with E-state index in [1.165, 1.54) is 6.07 Å². The lowest BCUT2D eigenvalue weighted by Gasteiger charge is -2.28. The molecular weight excluding hydrogens is 312 g/mol. The molecule has 0 unspecified atom stereocenters. The molecule has 1 aliphatic heterocycles. The van der Waals surface area contributed by atoms with Crippen LogP contribution >= 0.6 is 22.9 Å². The first kappa shape index (κ1) is 14.0. The number of hydrogen-bond acceptors (Lipinski definition) is 4. The van der Waals surface area contributed by atoms with E-state index < -0.39 is 4.92 Å². The number of carbonyl (C=O) groups is 1. The van der Waals surface area contributed by atoms with E-state index in [2.05, 4.69) is 0 Å². The fourth-order valence-electron chi connectivity index (χ4n) is 2.47. The Morgan fingerprint density at radius 1 is 1.38 bits per heavy atom. The Bertz CT molecular complexity index is 729. The van der Waals surface area contributed by atoms with E-state index in [0.29, 0.717) is 11.4 Å². The van der Waals surface area contributed by atoms with Crippen LogP contribution in [0.5, 0.6) is 0 Å². The number of thiophene rings is 1. The maximum Gasteiger partial charge on any atom is 0.299 e. The molecule has 3 rings (SSSR count). The normalized spacial score (nSPS) is 13.9. The van der Waals surface area contributed by atoms with Crippen LogP contribution in [0.4, 0.5) is 11.4 Å². The van der Waals surface area contributed by atoms with E-state index in [9.17, 15) is 14.9 Å². The van der Waals surface area contributed by atoms with Crippen LogP contribution in [0.15, 0.2) is 30.3 Å². The number of halogens is 1. The Hall–Kier alpha value is -1.92. The molecule has 1 aromatic heterocycles. The van der Waals surface area contributed by atoms with Crippen LogP contribution in [0.25, 0.3) is 0 Å². The van der Waals surface area contributed by atoms with Crippen LogP contribution in [-0.4, -0.2) is 17.4 Å². The van der Waals surface area contributed by atoms with Crippen LogP contribution in [0.3, 0.4) is 0 Å². The van der Waals surface area contributed by atoms with Crippen LogP contribution in [-0.2, 0) is 6.42 Å². The number of rotatable bonds is 2. The van der Waals surface area contributed by atoms with Crippen molar-refractivity contribution in [2.24, 2.45) is 0 Å². The van der Waals surface area contributed by atoms with Crippen molar-refractivity contribution in [3.8, 4) is 0 Å². The highest BCUT2D eigenvalue weighted by Gasteiger charge is 2.27. The van der Waals surface area contributed by atoms with E-state index in [1.54, 1.807) is 4.90 Å². The zero-order chi connectivity index (χ0) is 15.0. The van der Waals surface area contributed by atoms with Gasteiger partial charge in [0.25, 0.3) is 11.6 Å². The summed E-state index contributed by atoms with van der Waals surface area (Å²) < 4.78 is 0.0358. The second-order valence-corrected chi connectivity index (χ2v) is 6.37. The number of hydrogen-bond donors (Lipinski definition) is 0. The Balaban J connectivity index is 1.97. The SMILES string of the molecule is O=C(c1cc([N+](=O)[O-])c(Cl)s1)N1CCCc2ccccc21. The number of anilines is 1. The van der Waals surface area contributed by atoms with Gasteiger partial charge in [0.2, 0.25) is 0 Å². The average Bonchev–Trinajstić information content (AvgIpc) is 2.88. The second kappa shape index (κ2) is 5.46. The number of amides is 1. The summed E-state index contributed by atoms with van der Waals surface area (Å²) in [5.74, 6) is -0.234. The van der Waals surface area contributed by atoms with Crippen molar-refractivity contribution in [1.29, 1.82) is 0 Å². The molecule has 1 aromatic carbocycles. The number of nitro groups is 1. The van der Waals surface area contributed by atoms with E-state index >= 15 is 0 Å². The van der Waals surface area contributed by atoms with E-state index in [4.69, 9.17) is 11.6 Å². The molecule has 1 aliphatic rings. The van der Waals surface area contributed by atoms with Gasteiger partial charge in [0.05, 0.1) is 4.92 Å². The molecule has 21 heavy (non-hydrogen) atoms. The molecule has 108 valence electrons. The van der Waals surface area contributed by atoms with Crippen molar-refractivity contribution in [2.45, 2.75) is 12.8 Å². The van der Waals surface area contributed by atoms with Gasteiger partial charge in [-0.05, 0) is 24.5 Å². The summed E-state index contributed by atoms with van der Waals surface area (Å²) in [5.41, 5.74) is 1.78. The highest BCUT2D eigenvalue weighted by molar-refractivity contribution is 7.18. The third-order valence-electron chi connectivity index (χ3n) is 3.43. The molecule has 0 saturated heterocycles. The zero-order valence-corrected chi connectivity index (χ0v) is 12.5. The van der Waals surface area contributed by atoms with Crippen molar-refractivity contribution in [1.82, 2.24) is 0 Å². The number of carbonyl (C=O) groups excluding carboxylic acids is 1. The molecule has 0 aliphatic carbocycles. The lowest BCUT2D eigenvalue weighted by atomic mass is 10.0. The van der Waals surface area contributed by atoms with E-state index in [-0.39, 0.29) is 15.9 Å². The average molecular weight is 323 g/mol. The lowest BCUT2D eigenvalue weighted by molar-refractivity contribution is -0.384. The molecule has 5 nitrogen and oxygen atoms in total. The summed E-state index contributed by atoms with van der Waals surface area (Å²) in [6, 6.07) is 8.98. The van der Waals surface area contributed by atoms with E-state index in [0.717, 1.165) is 35.4 Å². The largest absolute Gasteiger partial charge is 0.307 e. The third kappa shape index (κ3) is 2.52. The fraction of sp³-hybridized carbons (Fsp3) is 0.214. The number of fused-ring (bicyclic) bond motifs is 1. The van der Waals surface area contributed by atoms with Crippen molar-refractivity contribution in [3.05, 3.63) is 55.2 Å². The topological polar surface area (TPSA) is 63.4 Å². The molecule has 2 heterocycles. The lowest BCUT2D eigenvalue weighted by Crippen LogP contribution is -2.34. The minimum atomic E-state index is -0.570. The van der Waals surface area contributed by atoms with Crippen LogP contribution in [0.1, 0.15) is 21.7 Å². The summed E-state index contributed by atoms with van der Waals surface area (Å²) >= 11 is 6.78. The number of benzene rings is 1. The predicted molar refractivity (Wildman–Crippen MR) is 82.4 cm³/mol. The molecule has 2 aromatic rings. The van der Waals surface area contributed by atoms with Gasteiger partial charge in [0.1, 0.15) is 4.88 Å². The predicted octanol–water partition coefficient (Wildman–Crippen LogP) is 3.90. The minimum absolute atomic E-state index is 0.0358. The summed E-state index contributed by atoms with van der Waals surface area (Å²) in [4.78, 5) is 24.8. The molecule has 1 amide bonds. The van der Waals surface area contributed by atoms with Gasteiger partial charge in [-0.1, -0.05) is 29.8 Å². The number of aryl methyl sites for hydroxylation is 1. The third-order valence-corrected chi connectivity index (χ3v) is 4.76. The molecule has 0 atom stereocenters. The first-order valence-electron chi connectivity index (χ1n) is 6.41. The van der Waals surface area contributed by atoms with Gasteiger partial charge in [-0.3, -0.25) is 14.9 Å². The van der Waals surface area contributed by atoms with Gasteiger partial charge >= 0.3 is 0 Å². The summed E-state index contributed by atoms with van der Waals surface area (Å²) in [5, 5.41) is 10.8. The van der Waals surface area contributed by atoms with Gasteiger partial charge in [0, 0.05) is 18.3 Å². The Morgan fingerprint density at radius 3 is 2.86 bits per heavy atom. The first-order chi connectivity index (χ1) is 10.1. The summed E-state index contributed by atoms with van der Waals surface area (Å²) in [6.07, 6.45) is 1.81. The second-order valence-electron chi connectivity index (χ2n) is 4.72.